The van der Waals surface area contributed by atoms with E-state index in [4.69, 9.17) is 39.3 Å². The number of aromatic hydroxyl groups is 1. The second kappa shape index (κ2) is 7.49. The Morgan fingerprint density at radius 2 is 1.85 bits per heavy atom. The van der Waals surface area contributed by atoms with Gasteiger partial charge in [-0.15, -0.1) is 0 Å². The summed E-state index contributed by atoms with van der Waals surface area (Å²) >= 11 is 17.4. The molecule has 26 heavy (non-hydrogen) atoms. The van der Waals surface area contributed by atoms with Crippen molar-refractivity contribution in [2.24, 2.45) is 0 Å². The molecule has 3 rings (SSSR count). The first-order valence-corrected chi connectivity index (χ1v) is 8.22. The number of hydrogen-bond acceptors (Lipinski definition) is 5. The second-order valence-corrected chi connectivity index (χ2v) is 6.36. The number of benzene rings is 2. The minimum Gasteiger partial charge on any atom is -0.505 e. The number of nitrogens with one attached hydrogen (secondary N) is 1. The van der Waals surface area contributed by atoms with Crippen molar-refractivity contribution < 1.29 is 18.8 Å². The zero-order valence-corrected chi connectivity index (χ0v) is 15.0. The van der Waals surface area contributed by atoms with Gasteiger partial charge in [-0.05, 0) is 29.8 Å². The van der Waals surface area contributed by atoms with Gasteiger partial charge in [0, 0.05) is 12.1 Å². The Morgan fingerprint density at radius 3 is 2.50 bits per heavy atom. The molecule has 0 unspecified atom stereocenters. The predicted molar refractivity (Wildman–Crippen MR) is 94.0 cm³/mol. The van der Waals surface area contributed by atoms with E-state index in [0.717, 1.165) is 0 Å². The third-order valence-electron chi connectivity index (χ3n) is 3.33. The van der Waals surface area contributed by atoms with E-state index in [0.29, 0.717) is 11.1 Å². The van der Waals surface area contributed by atoms with Gasteiger partial charge >= 0.3 is 11.8 Å². The summed E-state index contributed by atoms with van der Waals surface area (Å²) in [6.45, 7) is 0.0907. The third kappa shape index (κ3) is 3.90. The average molecular weight is 417 g/mol. The van der Waals surface area contributed by atoms with Gasteiger partial charge in [0.25, 0.3) is 0 Å². The lowest BCUT2D eigenvalue weighted by Crippen LogP contribution is -2.23. The number of aromatic nitrogens is 2. The quantitative estimate of drug-likeness (QED) is 0.655. The van der Waals surface area contributed by atoms with E-state index in [-0.39, 0.29) is 39.1 Å². The highest BCUT2D eigenvalue weighted by Crippen LogP contribution is 2.35. The molecule has 0 radical (unpaired) electrons. The first kappa shape index (κ1) is 18.4. The summed E-state index contributed by atoms with van der Waals surface area (Å²) in [6, 6.07) is 6.86. The van der Waals surface area contributed by atoms with E-state index in [1.807, 2.05) is 0 Å². The first-order chi connectivity index (χ1) is 12.3. The zero-order chi connectivity index (χ0) is 18.8. The topological polar surface area (TPSA) is 88.2 Å². The first-order valence-electron chi connectivity index (χ1n) is 7.09. The Kier molecular flexibility index (Phi) is 5.31. The van der Waals surface area contributed by atoms with Gasteiger partial charge in [0.05, 0.1) is 15.1 Å². The van der Waals surface area contributed by atoms with Crippen LogP contribution in [-0.2, 0) is 6.54 Å². The largest absolute Gasteiger partial charge is 0.505 e. The molecular formula is C16H9Cl3FN3O3. The van der Waals surface area contributed by atoms with Crippen molar-refractivity contribution >= 4 is 40.7 Å². The second-order valence-electron chi connectivity index (χ2n) is 5.14. The van der Waals surface area contributed by atoms with Gasteiger partial charge in [0.15, 0.2) is 5.75 Å². The molecule has 0 aliphatic heterocycles. The fourth-order valence-electron chi connectivity index (χ4n) is 2.04. The summed E-state index contributed by atoms with van der Waals surface area (Å²) in [5.74, 6) is -1.65. The lowest BCUT2D eigenvalue weighted by molar-refractivity contribution is 0.0907. The van der Waals surface area contributed by atoms with Gasteiger partial charge in [-0.2, -0.15) is 4.98 Å². The van der Waals surface area contributed by atoms with Crippen LogP contribution in [0.1, 0.15) is 16.2 Å². The van der Waals surface area contributed by atoms with Crippen LogP contribution in [0.4, 0.5) is 4.39 Å². The molecule has 0 atom stereocenters. The van der Waals surface area contributed by atoms with E-state index in [1.54, 1.807) is 0 Å². The summed E-state index contributed by atoms with van der Waals surface area (Å²) in [7, 11) is 0. The Labute approximate surface area is 161 Å². The van der Waals surface area contributed by atoms with Crippen molar-refractivity contribution in [1.82, 2.24) is 15.5 Å². The molecule has 2 N–H and O–H groups in total. The molecule has 2 aromatic carbocycles. The lowest BCUT2D eigenvalue weighted by atomic mass is 10.2. The Hall–Kier alpha value is -2.35. The Bertz CT molecular complexity index is 971. The standard InChI is InChI=1S/C16H9Cl3FN3O3/c17-9-3-7(1-2-12(9)20)6-21-15(25)16-22-14(23-26-16)8-4-10(18)13(24)11(19)5-8/h1-5,24H,6H2,(H,21,25). The lowest BCUT2D eigenvalue weighted by Gasteiger charge is -2.03. The smallest absolute Gasteiger partial charge is 0.316 e. The Morgan fingerprint density at radius 1 is 1.15 bits per heavy atom. The number of phenolic OH excluding ortho intramolecular Hbond substituents is 1. The van der Waals surface area contributed by atoms with E-state index in [1.165, 1.54) is 30.3 Å². The monoisotopic (exact) mass is 415 g/mol. The number of halogens is 4. The van der Waals surface area contributed by atoms with Crippen LogP contribution < -0.4 is 5.32 Å². The zero-order valence-electron chi connectivity index (χ0n) is 12.8. The molecular weight excluding hydrogens is 408 g/mol. The molecule has 1 heterocycles. The van der Waals surface area contributed by atoms with Gasteiger partial charge in [-0.25, -0.2) is 4.39 Å². The maximum Gasteiger partial charge on any atom is 0.316 e. The van der Waals surface area contributed by atoms with Crippen LogP contribution in [0.5, 0.6) is 5.75 Å². The number of amides is 1. The number of nitrogens with zero attached hydrogens (tertiary/aromatic N) is 2. The van der Waals surface area contributed by atoms with Crippen LogP contribution in [0.2, 0.25) is 15.1 Å². The van der Waals surface area contributed by atoms with Crippen molar-refractivity contribution in [2.75, 3.05) is 0 Å². The normalized spacial score (nSPS) is 10.8. The molecule has 0 bridgehead atoms. The molecule has 134 valence electrons. The van der Waals surface area contributed by atoms with E-state index in [2.05, 4.69) is 15.5 Å². The van der Waals surface area contributed by atoms with Gasteiger partial charge in [-0.3, -0.25) is 4.79 Å². The summed E-state index contributed by atoms with van der Waals surface area (Å²) in [5, 5.41) is 15.8. The van der Waals surface area contributed by atoms with Crippen LogP contribution in [-0.4, -0.2) is 21.2 Å². The van der Waals surface area contributed by atoms with Crippen LogP contribution in [0, 0.1) is 5.82 Å². The SMILES string of the molecule is O=C(NCc1ccc(F)c(Cl)c1)c1nc(-c2cc(Cl)c(O)c(Cl)c2)no1. The minimum absolute atomic E-state index is 0.0106. The number of phenols is 1. The molecule has 0 spiro atoms. The fraction of sp³-hybridized carbons (Fsp3) is 0.0625. The van der Waals surface area contributed by atoms with Crippen LogP contribution >= 0.6 is 34.8 Å². The molecule has 10 heteroatoms. The van der Waals surface area contributed by atoms with E-state index < -0.39 is 11.7 Å². The molecule has 6 nitrogen and oxygen atoms in total. The third-order valence-corrected chi connectivity index (χ3v) is 4.20. The summed E-state index contributed by atoms with van der Waals surface area (Å²) < 4.78 is 18.0. The number of carbonyl (C=O) groups excluding carboxylic acids is 1. The number of carbonyl (C=O) groups is 1. The van der Waals surface area contributed by atoms with Crippen molar-refractivity contribution in [3.05, 3.63) is 62.7 Å². The average Bonchev–Trinajstić information content (AvgIpc) is 3.10. The maximum atomic E-state index is 13.1. The molecule has 1 amide bonds. The molecule has 0 aliphatic rings. The van der Waals surface area contributed by atoms with Gasteiger partial charge in [0.2, 0.25) is 5.82 Å². The Balaban J connectivity index is 1.73. The summed E-state index contributed by atoms with van der Waals surface area (Å²) in [6.07, 6.45) is 0. The van der Waals surface area contributed by atoms with Crippen molar-refractivity contribution in [3.8, 4) is 17.1 Å². The molecule has 0 saturated heterocycles. The van der Waals surface area contributed by atoms with Crippen LogP contribution in [0.15, 0.2) is 34.9 Å². The van der Waals surface area contributed by atoms with Crippen LogP contribution in [0.25, 0.3) is 11.4 Å². The van der Waals surface area contributed by atoms with Crippen molar-refractivity contribution in [1.29, 1.82) is 0 Å². The summed E-state index contributed by atoms with van der Waals surface area (Å²) in [5.41, 5.74) is 0.965. The molecule has 0 aliphatic carbocycles. The van der Waals surface area contributed by atoms with E-state index in [9.17, 15) is 14.3 Å². The minimum atomic E-state index is -0.625. The maximum absolute atomic E-state index is 13.1. The highest BCUT2D eigenvalue weighted by Gasteiger charge is 2.18. The molecule has 3 aromatic rings. The highest BCUT2D eigenvalue weighted by molar-refractivity contribution is 6.37. The fourth-order valence-corrected chi connectivity index (χ4v) is 2.73. The van der Waals surface area contributed by atoms with Crippen LogP contribution in [0.3, 0.4) is 0 Å². The summed E-state index contributed by atoms with van der Waals surface area (Å²) in [4.78, 5) is 16.1. The van der Waals surface area contributed by atoms with Crippen molar-refractivity contribution in [3.63, 3.8) is 0 Å². The molecule has 1 aromatic heterocycles. The number of rotatable bonds is 4. The highest BCUT2D eigenvalue weighted by atomic mass is 35.5. The number of hydrogen-bond donors (Lipinski definition) is 2. The van der Waals surface area contributed by atoms with Gasteiger partial charge in [-0.1, -0.05) is 46.0 Å². The van der Waals surface area contributed by atoms with Gasteiger partial charge in [0.1, 0.15) is 5.82 Å². The molecule has 0 saturated carbocycles. The molecule has 0 fully saturated rings. The van der Waals surface area contributed by atoms with Gasteiger partial charge < -0.3 is 14.9 Å². The predicted octanol–water partition coefficient (Wildman–Crippen LogP) is 4.47. The van der Waals surface area contributed by atoms with E-state index >= 15 is 0 Å². The van der Waals surface area contributed by atoms with Crippen molar-refractivity contribution in [2.45, 2.75) is 6.54 Å².